The van der Waals surface area contributed by atoms with Crippen LogP contribution in [0.2, 0.25) is 0 Å². The number of methoxy groups -OCH3 is 1. The van der Waals surface area contributed by atoms with Crippen LogP contribution in [0.5, 0.6) is 5.75 Å². The molecule has 0 N–H and O–H groups in total. The molecule has 1 aliphatic heterocycles. The number of anilines is 1. The topological polar surface area (TPSA) is 45.9 Å². The van der Waals surface area contributed by atoms with Crippen LogP contribution in [0.15, 0.2) is 46.9 Å². The number of aryl methyl sites for hydroxylation is 2. The van der Waals surface area contributed by atoms with Crippen LogP contribution in [0, 0.1) is 19.7 Å². The Morgan fingerprint density at radius 1 is 1.10 bits per heavy atom. The molecule has 1 fully saturated rings. The molecule has 3 aromatic rings. The molecule has 0 radical (unpaired) electrons. The minimum atomic E-state index is -0.243. The third kappa shape index (κ3) is 4.15. The Bertz CT molecular complexity index is 1140. The molecule has 4 rings (SSSR count). The van der Waals surface area contributed by atoms with E-state index in [1.54, 1.807) is 25.3 Å². The van der Waals surface area contributed by atoms with Crippen LogP contribution in [0.25, 0.3) is 16.5 Å². The number of carbonyl (C=O) groups is 1. The molecule has 2 heterocycles. The summed E-state index contributed by atoms with van der Waals surface area (Å²) < 4.78 is 24.5. The van der Waals surface area contributed by atoms with Crippen molar-refractivity contribution in [2.75, 3.05) is 38.2 Å². The van der Waals surface area contributed by atoms with Gasteiger partial charge < -0.3 is 19.0 Å². The van der Waals surface area contributed by atoms with Crippen molar-refractivity contribution in [2.24, 2.45) is 0 Å². The highest BCUT2D eigenvalue weighted by molar-refractivity contribution is 5.97. The number of fused-ring (bicyclic) bond motifs is 1. The summed E-state index contributed by atoms with van der Waals surface area (Å²) in [5, 5.41) is 1.03. The van der Waals surface area contributed by atoms with Gasteiger partial charge in [0, 0.05) is 55.0 Å². The predicted molar refractivity (Wildman–Crippen MR) is 121 cm³/mol. The first-order valence-corrected chi connectivity index (χ1v) is 10.4. The Hall–Kier alpha value is -3.28. The fourth-order valence-corrected chi connectivity index (χ4v) is 4.04. The van der Waals surface area contributed by atoms with Crippen LogP contribution in [-0.4, -0.2) is 44.1 Å². The van der Waals surface area contributed by atoms with E-state index in [4.69, 9.17) is 9.15 Å². The first kappa shape index (κ1) is 21.0. The normalized spacial score (nSPS) is 14.9. The Labute approximate surface area is 181 Å². The molecule has 0 saturated carbocycles. The van der Waals surface area contributed by atoms with Crippen molar-refractivity contribution in [3.05, 3.63) is 65.2 Å². The maximum atomic E-state index is 13.2. The Morgan fingerprint density at radius 3 is 2.42 bits per heavy atom. The lowest BCUT2D eigenvalue weighted by atomic mass is 10.0. The van der Waals surface area contributed by atoms with Crippen molar-refractivity contribution in [3.8, 4) is 5.75 Å². The molecule has 162 valence electrons. The van der Waals surface area contributed by atoms with Crippen LogP contribution in [0.3, 0.4) is 0 Å². The monoisotopic (exact) mass is 422 g/mol. The third-order valence-electron chi connectivity index (χ3n) is 6.04. The highest BCUT2D eigenvalue weighted by atomic mass is 19.1. The minimum absolute atomic E-state index is 0.0153. The van der Waals surface area contributed by atoms with Gasteiger partial charge in [-0.05, 0) is 62.2 Å². The number of piperazine rings is 1. The van der Waals surface area contributed by atoms with Gasteiger partial charge >= 0.3 is 0 Å². The van der Waals surface area contributed by atoms with Gasteiger partial charge in [0.25, 0.3) is 0 Å². The largest absolute Gasteiger partial charge is 0.496 e. The van der Waals surface area contributed by atoms with Gasteiger partial charge in [0.1, 0.15) is 22.9 Å². The van der Waals surface area contributed by atoms with Crippen LogP contribution in [-0.2, 0) is 4.79 Å². The number of ether oxygens (including phenoxy) is 1. The van der Waals surface area contributed by atoms with Crippen molar-refractivity contribution < 1.29 is 18.3 Å². The quantitative estimate of drug-likeness (QED) is 0.558. The van der Waals surface area contributed by atoms with Crippen LogP contribution < -0.4 is 9.64 Å². The van der Waals surface area contributed by atoms with Crippen molar-refractivity contribution in [3.63, 3.8) is 0 Å². The molecular weight excluding hydrogens is 395 g/mol. The van der Waals surface area contributed by atoms with Crippen molar-refractivity contribution in [2.45, 2.75) is 20.8 Å². The Morgan fingerprint density at radius 2 is 1.77 bits per heavy atom. The number of hydrogen-bond acceptors (Lipinski definition) is 4. The molecule has 31 heavy (non-hydrogen) atoms. The summed E-state index contributed by atoms with van der Waals surface area (Å²) >= 11 is 0. The molecule has 0 spiro atoms. The summed E-state index contributed by atoms with van der Waals surface area (Å²) in [6.45, 7) is 8.58. The Balaban J connectivity index is 1.50. The number of rotatable bonds is 4. The molecule has 0 aliphatic carbocycles. The summed E-state index contributed by atoms with van der Waals surface area (Å²) in [4.78, 5) is 16.9. The van der Waals surface area contributed by atoms with E-state index in [-0.39, 0.29) is 11.7 Å². The zero-order chi connectivity index (χ0) is 22.1. The third-order valence-corrected chi connectivity index (χ3v) is 6.04. The number of allylic oxidation sites excluding steroid dienone is 1. The number of benzene rings is 2. The lowest BCUT2D eigenvalue weighted by Gasteiger charge is -2.35. The summed E-state index contributed by atoms with van der Waals surface area (Å²) in [6, 6.07) is 10.4. The molecule has 1 amide bonds. The molecule has 1 aliphatic rings. The van der Waals surface area contributed by atoms with Crippen LogP contribution in [0.1, 0.15) is 23.8 Å². The number of hydrogen-bond donors (Lipinski definition) is 0. The Kier molecular flexibility index (Phi) is 5.72. The minimum Gasteiger partial charge on any atom is -0.496 e. The molecule has 6 heteroatoms. The summed E-state index contributed by atoms with van der Waals surface area (Å²) in [7, 11) is 1.62. The van der Waals surface area contributed by atoms with E-state index in [0.29, 0.717) is 31.9 Å². The summed E-state index contributed by atoms with van der Waals surface area (Å²) in [6.07, 6.45) is 1.68. The fourth-order valence-electron chi connectivity index (χ4n) is 4.04. The maximum absolute atomic E-state index is 13.2. The predicted octanol–water partition coefficient (Wildman–Crippen LogP) is 4.95. The van der Waals surface area contributed by atoms with Crippen LogP contribution in [0.4, 0.5) is 10.1 Å². The second kappa shape index (κ2) is 8.46. The van der Waals surface area contributed by atoms with Crippen molar-refractivity contribution in [1.29, 1.82) is 0 Å². The number of carbonyl (C=O) groups excluding carboxylic acids is 1. The van der Waals surface area contributed by atoms with Crippen molar-refractivity contribution in [1.82, 2.24) is 4.90 Å². The molecule has 2 aromatic carbocycles. The van der Waals surface area contributed by atoms with Gasteiger partial charge in [-0.25, -0.2) is 4.39 Å². The molecule has 5 nitrogen and oxygen atoms in total. The van der Waals surface area contributed by atoms with E-state index in [1.165, 1.54) is 12.1 Å². The van der Waals surface area contributed by atoms with Crippen LogP contribution >= 0.6 is 0 Å². The maximum Gasteiger partial charge on any atom is 0.246 e. The zero-order valence-corrected chi connectivity index (χ0v) is 18.4. The molecular formula is C25H27FN2O3. The smallest absolute Gasteiger partial charge is 0.246 e. The lowest BCUT2D eigenvalue weighted by Crippen LogP contribution is -2.48. The van der Waals surface area contributed by atoms with Gasteiger partial charge in [-0.1, -0.05) is 0 Å². The SMILES string of the molecule is COc1cc2oc(C)c(C)c2cc1/C(C)=C/C(=O)N1CCN(c2ccc(F)cc2)CC1. The van der Waals surface area contributed by atoms with E-state index in [1.807, 2.05) is 37.8 Å². The summed E-state index contributed by atoms with van der Waals surface area (Å²) in [5.41, 5.74) is 4.59. The molecule has 0 bridgehead atoms. The average molecular weight is 423 g/mol. The average Bonchev–Trinajstić information content (AvgIpc) is 3.06. The number of halogens is 1. The van der Waals surface area contributed by atoms with E-state index in [2.05, 4.69) is 4.90 Å². The van der Waals surface area contributed by atoms with E-state index >= 15 is 0 Å². The second-order valence-corrected chi connectivity index (χ2v) is 7.95. The number of nitrogens with zero attached hydrogens (tertiary/aromatic N) is 2. The lowest BCUT2D eigenvalue weighted by molar-refractivity contribution is -0.126. The number of amides is 1. The van der Waals surface area contributed by atoms with Gasteiger partial charge in [0.2, 0.25) is 5.91 Å². The van der Waals surface area contributed by atoms with Gasteiger partial charge in [-0.15, -0.1) is 0 Å². The molecule has 1 aromatic heterocycles. The molecule has 0 atom stereocenters. The fraction of sp³-hybridized carbons (Fsp3) is 0.320. The van der Waals surface area contributed by atoms with Crippen molar-refractivity contribution >= 4 is 28.1 Å². The van der Waals surface area contributed by atoms with Gasteiger partial charge in [0.05, 0.1) is 7.11 Å². The summed E-state index contributed by atoms with van der Waals surface area (Å²) in [5.74, 6) is 1.31. The highest BCUT2D eigenvalue weighted by Crippen LogP contribution is 2.34. The van der Waals surface area contributed by atoms with E-state index in [0.717, 1.165) is 39.1 Å². The molecule has 1 saturated heterocycles. The van der Waals surface area contributed by atoms with Gasteiger partial charge in [0.15, 0.2) is 0 Å². The zero-order valence-electron chi connectivity index (χ0n) is 18.4. The second-order valence-electron chi connectivity index (χ2n) is 7.95. The van der Waals surface area contributed by atoms with E-state index in [9.17, 15) is 9.18 Å². The number of furan rings is 1. The first-order valence-electron chi connectivity index (χ1n) is 10.4. The van der Waals surface area contributed by atoms with Gasteiger partial charge in [-0.3, -0.25) is 4.79 Å². The standard InChI is InChI=1S/C25H27FN2O3/c1-16(21-14-22-17(2)18(3)31-24(22)15-23(21)30-4)13-25(29)28-11-9-27(10-12-28)20-7-5-19(26)6-8-20/h5-8,13-15H,9-12H2,1-4H3/b16-13+. The highest BCUT2D eigenvalue weighted by Gasteiger charge is 2.21. The van der Waals surface area contributed by atoms with Gasteiger partial charge in [-0.2, -0.15) is 0 Å². The first-order chi connectivity index (χ1) is 14.9. The van der Waals surface area contributed by atoms with E-state index < -0.39 is 0 Å². The molecule has 0 unspecified atom stereocenters.